The van der Waals surface area contributed by atoms with E-state index >= 15 is 0 Å². The first kappa shape index (κ1) is 20.0. The van der Waals surface area contributed by atoms with Crippen molar-refractivity contribution in [1.82, 2.24) is 19.7 Å². The van der Waals surface area contributed by atoms with Gasteiger partial charge in [-0.3, -0.25) is 9.59 Å². The molecule has 0 radical (unpaired) electrons. The fourth-order valence-electron chi connectivity index (χ4n) is 2.48. The monoisotopic (exact) mass is 375 g/mol. The van der Waals surface area contributed by atoms with Crippen LogP contribution in [-0.2, 0) is 11.8 Å². The number of carbonyl (C=O) groups is 2. The molecule has 0 aliphatic heterocycles. The van der Waals surface area contributed by atoms with Crippen LogP contribution in [0.15, 0.2) is 35.7 Å². The van der Waals surface area contributed by atoms with Gasteiger partial charge in [0.15, 0.2) is 5.16 Å². The van der Waals surface area contributed by atoms with Gasteiger partial charge in [-0.25, -0.2) is 0 Å². The average Bonchev–Trinajstić information content (AvgIpc) is 3.04. The number of nitrogens with one attached hydrogen (secondary N) is 1. The van der Waals surface area contributed by atoms with Crippen molar-refractivity contribution in [2.24, 2.45) is 7.05 Å². The van der Waals surface area contributed by atoms with Gasteiger partial charge in [-0.2, -0.15) is 0 Å². The van der Waals surface area contributed by atoms with Crippen molar-refractivity contribution >= 4 is 29.3 Å². The molecule has 0 aliphatic carbocycles. The number of aryl methyl sites for hydroxylation is 1. The Morgan fingerprint density at radius 1 is 1.38 bits per heavy atom. The second kappa shape index (κ2) is 9.38. The van der Waals surface area contributed by atoms with Crippen LogP contribution in [0.5, 0.6) is 0 Å². The van der Waals surface area contributed by atoms with E-state index in [9.17, 15) is 9.59 Å². The summed E-state index contributed by atoms with van der Waals surface area (Å²) >= 11 is 1.31. The molecule has 0 aliphatic rings. The minimum atomic E-state index is -0.157. The van der Waals surface area contributed by atoms with Crippen molar-refractivity contribution in [3.63, 3.8) is 0 Å². The number of nitrogens with zero attached hydrogens (tertiary/aromatic N) is 4. The van der Waals surface area contributed by atoms with Crippen LogP contribution in [0, 0.1) is 0 Å². The van der Waals surface area contributed by atoms with E-state index in [0.29, 0.717) is 16.4 Å². The number of aromatic nitrogens is 3. The summed E-state index contributed by atoms with van der Waals surface area (Å²) in [5.74, 6) is 0.0174. The van der Waals surface area contributed by atoms with Crippen molar-refractivity contribution in [1.29, 1.82) is 0 Å². The molecule has 0 saturated heterocycles. The van der Waals surface area contributed by atoms with Crippen molar-refractivity contribution < 1.29 is 9.59 Å². The van der Waals surface area contributed by atoms with Crippen LogP contribution in [-0.4, -0.2) is 50.3 Å². The number of thioether (sulfide) groups is 1. The minimum Gasteiger partial charge on any atom is -0.339 e. The van der Waals surface area contributed by atoms with Gasteiger partial charge in [0, 0.05) is 31.4 Å². The number of hydrogen-bond acceptors (Lipinski definition) is 5. The first-order valence-electron chi connectivity index (χ1n) is 8.56. The van der Waals surface area contributed by atoms with Crippen molar-refractivity contribution in [2.45, 2.75) is 37.9 Å². The van der Waals surface area contributed by atoms with Gasteiger partial charge < -0.3 is 14.8 Å². The van der Waals surface area contributed by atoms with E-state index in [0.717, 1.165) is 12.8 Å². The number of hydrogen-bond donors (Lipinski definition) is 1. The van der Waals surface area contributed by atoms with Crippen LogP contribution in [0.2, 0.25) is 0 Å². The molecular weight excluding hydrogens is 350 g/mol. The Bertz CT molecular complexity index is 762. The Morgan fingerprint density at radius 2 is 2.15 bits per heavy atom. The van der Waals surface area contributed by atoms with Crippen LogP contribution in [0.25, 0.3) is 0 Å². The van der Waals surface area contributed by atoms with Gasteiger partial charge in [0.25, 0.3) is 5.91 Å². The van der Waals surface area contributed by atoms with Gasteiger partial charge in [0.05, 0.1) is 5.75 Å². The zero-order chi connectivity index (χ0) is 19.1. The molecule has 8 heteroatoms. The molecule has 1 aromatic heterocycles. The van der Waals surface area contributed by atoms with Crippen LogP contribution in [0.3, 0.4) is 0 Å². The molecule has 2 rings (SSSR count). The summed E-state index contributed by atoms with van der Waals surface area (Å²) in [6.45, 7) is 4.14. The lowest BCUT2D eigenvalue weighted by Crippen LogP contribution is -2.35. The molecular formula is C18H25N5O2S. The first-order valence-corrected chi connectivity index (χ1v) is 9.54. The summed E-state index contributed by atoms with van der Waals surface area (Å²) in [4.78, 5) is 26.5. The van der Waals surface area contributed by atoms with Crippen LogP contribution < -0.4 is 5.32 Å². The third-order valence-corrected chi connectivity index (χ3v) is 5.12. The molecule has 0 saturated carbocycles. The molecule has 1 heterocycles. The van der Waals surface area contributed by atoms with E-state index < -0.39 is 0 Å². The fourth-order valence-corrected chi connectivity index (χ4v) is 3.16. The second-order valence-electron chi connectivity index (χ2n) is 6.20. The highest BCUT2D eigenvalue weighted by Crippen LogP contribution is 2.17. The number of rotatable bonds is 8. The first-order chi connectivity index (χ1) is 12.4. The Kier molecular flexibility index (Phi) is 7.20. The quantitative estimate of drug-likeness (QED) is 0.718. The van der Waals surface area contributed by atoms with E-state index in [1.807, 2.05) is 21.0 Å². The minimum absolute atomic E-state index is 0.0458. The third kappa shape index (κ3) is 5.32. The highest BCUT2D eigenvalue weighted by atomic mass is 32.2. The summed E-state index contributed by atoms with van der Waals surface area (Å²) in [5, 5.41) is 11.2. The lowest BCUT2D eigenvalue weighted by Gasteiger charge is -2.24. The van der Waals surface area contributed by atoms with Crippen molar-refractivity contribution in [3.8, 4) is 0 Å². The number of benzene rings is 1. The van der Waals surface area contributed by atoms with Crippen molar-refractivity contribution in [3.05, 3.63) is 36.2 Å². The maximum Gasteiger partial charge on any atom is 0.253 e. The SMILES string of the molecule is CCCC(C)N(C)C(=O)c1cccc(NC(=O)CSc2nncn2C)c1. The topological polar surface area (TPSA) is 80.1 Å². The highest BCUT2D eigenvalue weighted by molar-refractivity contribution is 7.99. The van der Waals surface area contributed by atoms with Crippen molar-refractivity contribution in [2.75, 3.05) is 18.1 Å². The maximum atomic E-state index is 12.6. The lowest BCUT2D eigenvalue weighted by molar-refractivity contribution is -0.113. The van der Waals surface area contributed by atoms with Crippen LogP contribution >= 0.6 is 11.8 Å². The molecule has 1 atom stereocenters. The summed E-state index contributed by atoms with van der Waals surface area (Å²) in [6, 6.07) is 7.20. The molecule has 1 N–H and O–H groups in total. The molecule has 7 nitrogen and oxygen atoms in total. The smallest absolute Gasteiger partial charge is 0.253 e. The largest absolute Gasteiger partial charge is 0.339 e. The van der Waals surface area contributed by atoms with E-state index in [1.54, 1.807) is 40.1 Å². The van der Waals surface area contributed by atoms with Gasteiger partial charge in [-0.15, -0.1) is 10.2 Å². The summed E-state index contributed by atoms with van der Waals surface area (Å²) < 4.78 is 1.75. The van der Waals surface area contributed by atoms with E-state index in [4.69, 9.17) is 0 Å². The van der Waals surface area contributed by atoms with Gasteiger partial charge in [-0.05, 0) is 31.5 Å². The standard InChI is InChI=1S/C18H25N5O2S/c1-5-7-13(2)23(4)17(25)14-8-6-9-15(10-14)20-16(24)11-26-18-21-19-12-22(18)3/h6,8-10,12-13H,5,7,11H2,1-4H3,(H,20,24). The zero-order valence-electron chi connectivity index (χ0n) is 15.6. The molecule has 0 spiro atoms. The molecule has 140 valence electrons. The van der Waals surface area contributed by atoms with Crippen LogP contribution in [0.1, 0.15) is 37.0 Å². The summed E-state index contributed by atoms with van der Waals surface area (Å²) in [5.41, 5.74) is 1.17. The molecule has 2 amide bonds. The molecule has 1 aromatic carbocycles. The van der Waals surface area contributed by atoms with E-state index in [2.05, 4.69) is 22.4 Å². The Balaban J connectivity index is 1.96. The predicted molar refractivity (Wildman–Crippen MR) is 103 cm³/mol. The molecule has 26 heavy (non-hydrogen) atoms. The van der Waals surface area contributed by atoms with Crippen LogP contribution in [0.4, 0.5) is 5.69 Å². The predicted octanol–water partition coefficient (Wildman–Crippen LogP) is 2.81. The van der Waals surface area contributed by atoms with Gasteiger partial charge in [-0.1, -0.05) is 31.2 Å². The number of amides is 2. The third-order valence-electron chi connectivity index (χ3n) is 4.08. The molecule has 1 unspecified atom stereocenters. The summed E-state index contributed by atoms with van der Waals surface area (Å²) in [6.07, 6.45) is 3.57. The average molecular weight is 375 g/mol. The van der Waals surface area contributed by atoms with Gasteiger partial charge in [0.2, 0.25) is 5.91 Å². The number of carbonyl (C=O) groups excluding carboxylic acids is 2. The van der Waals surface area contributed by atoms with E-state index in [-0.39, 0.29) is 23.6 Å². The maximum absolute atomic E-state index is 12.6. The lowest BCUT2D eigenvalue weighted by atomic mass is 10.1. The number of anilines is 1. The van der Waals surface area contributed by atoms with Gasteiger partial charge >= 0.3 is 0 Å². The Hall–Kier alpha value is -2.35. The van der Waals surface area contributed by atoms with Gasteiger partial charge in [0.1, 0.15) is 6.33 Å². The highest BCUT2D eigenvalue weighted by Gasteiger charge is 2.17. The molecule has 2 aromatic rings. The Morgan fingerprint density at radius 3 is 2.81 bits per heavy atom. The normalized spacial score (nSPS) is 11.8. The van der Waals surface area contributed by atoms with E-state index in [1.165, 1.54) is 11.8 Å². The summed E-state index contributed by atoms with van der Waals surface area (Å²) in [7, 11) is 3.64. The molecule has 0 bridgehead atoms. The zero-order valence-corrected chi connectivity index (χ0v) is 16.4. The fraction of sp³-hybridized carbons (Fsp3) is 0.444. The Labute approximate surface area is 158 Å². The second-order valence-corrected chi connectivity index (χ2v) is 7.14. The molecule has 0 fully saturated rings.